The van der Waals surface area contributed by atoms with Gasteiger partial charge in [0, 0.05) is 6.26 Å². The summed E-state index contributed by atoms with van der Waals surface area (Å²) in [5, 5.41) is 12.9. The molecule has 88 valence electrons. The number of nitrogens with one attached hydrogen (secondary N) is 1. The van der Waals surface area contributed by atoms with Gasteiger partial charge in [-0.05, 0) is 43.1 Å². The van der Waals surface area contributed by atoms with Crippen molar-refractivity contribution in [3.8, 4) is 5.75 Å². The largest absolute Gasteiger partial charge is 0.507 e. The van der Waals surface area contributed by atoms with E-state index in [0.29, 0.717) is 6.42 Å². The second kappa shape index (κ2) is 4.07. The van der Waals surface area contributed by atoms with Crippen molar-refractivity contribution < 1.29 is 13.5 Å². The Labute approximate surface area is 95.2 Å². The van der Waals surface area contributed by atoms with Gasteiger partial charge < -0.3 is 10.4 Å². The van der Waals surface area contributed by atoms with E-state index in [-0.39, 0.29) is 10.6 Å². The summed E-state index contributed by atoms with van der Waals surface area (Å²) in [5.74, 6) is -0.136. The molecule has 0 aliphatic carbocycles. The third-order valence-corrected chi connectivity index (χ3v) is 4.03. The number of phenolic OH excluding ortho intramolecular Hbond substituents is 1. The summed E-state index contributed by atoms with van der Waals surface area (Å²) >= 11 is 0. The van der Waals surface area contributed by atoms with Crippen molar-refractivity contribution in [2.75, 3.05) is 19.3 Å². The van der Waals surface area contributed by atoms with Crippen LogP contribution in [0.15, 0.2) is 17.0 Å². The van der Waals surface area contributed by atoms with E-state index < -0.39 is 9.84 Å². The second-order valence-electron chi connectivity index (χ2n) is 4.07. The molecule has 4 nitrogen and oxygen atoms in total. The van der Waals surface area contributed by atoms with Gasteiger partial charge in [-0.1, -0.05) is 6.07 Å². The maximum absolute atomic E-state index is 11.7. The van der Waals surface area contributed by atoms with Crippen LogP contribution in [0.1, 0.15) is 11.1 Å². The standard InChI is InChI=1S/C11H15NO3S/c1-16(14,15)11-9-5-7-12-6-4-8(9)2-3-10(11)13/h2-3,12-13H,4-7H2,1H3. The molecule has 5 heteroatoms. The molecule has 0 saturated carbocycles. The van der Waals surface area contributed by atoms with Crippen molar-refractivity contribution >= 4 is 9.84 Å². The summed E-state index contributed by atoms with van der Waals surface area (Å²) < 4.78 is 23.3. The van der Waals surface area contributed by atoms with E-state index in [4.69, 9.17) is 0 Å². The highest BCUT2D eigenvalue weighted by Crippen LogP contribution is 2.30. The lowest BCUT2D eigenvalue weighted by molar-refractivity contribution is 0.457. The molecule has 0 unspecified atom stereocenters. The minimum atomic E-state index is -3.37. The molecule has 0 amide bonds. The average molecular weight is 241 g/mol. The molecule has 2 rings (SSSR count). The number of hydrogen-bond donors (Lipinski definition) is 2. The quantitative estimate of drug-likeness (QED) is 0.750. The number of rotatable bonds is 1. The van der Waals surface area contributed by atoms with Gasteiger partial charge in [0.05, 0.1) is 0 Å². The van der Waals surface area contributed by atoms with Crippen LogP contribution in [0.5, 0.6) is 5.75 Å². The van der Waals surface area contributed by atoms with Crippen molar-refractivity contribution in [3.05, 3.63) is 23.3 Å². The molecular weight excluding hydrogens is 226 g/mol. The molecule has 1 aromatic rings. The fraction of sp³-hybridized carbons (Fsp3) is 0.455. The van der Waals surface area contributed by atoms with Crippen molar-refractivity contribution in [2.24, 2.45) is 0 Å². The zero-order valence-corrected chi connectivity index (χ0v) is 9.97. The highest BCUT2D eigenvalue weighted by molar-refractivity contribution is 7.90. The lowest BCUT2D eigenvalue weighted by Crippen LogP contribution is -2.16. The smallest absolute Gasteiger partial charge is 0.179 e. The highest BCUT2D eigenvalue weighted by atomic mass is 32.2. The normalized spacial score (nSPS) is 16.6. The molecule has 0 aromatic heterocycles. The predicted octanol–water partition coefficient (Wildman–Crippen LogP) is 0.484. The summed E-state index contributed by atoms with van der Waals surface area (Å²) in [4.78, 5) is 0.105. The Morgan fingerprint density at radius 3 is 2.62 bits per heavy atom. The molecule has 1 heterocycles. The topological polar surface area (TPSA) is 66.4 Å². The van der Waals surface area contributed by atoms with E-state index in [1.807, 2.05) is 6.07 Å². The molecule has 0 radical (unpaired) electrons. The van der Waals surface area contributed by atoms with Crippen LogP contribution >= 0.6 is 0 Å². The van der Waals surface area contributed by atoms with Crippen molar-refractivity contribution in [3.63, 3.8) is 0 Å². The van der Waals surface area contributed by atoms with Crippen LogP contribution in [-0.2, 0) is 22.7 Å². The van der Waals surface area contributed by atoms with Crippen LogP contribution in [0.2, 0.25) is 0 Å². The van der Waals surface area contributed by atoms with E-state index in [1.54, 1.807) is 0 Å². The summed E-state index contributed by atoms with van der Waals surface area (Å²) in [6.07, 6.45) is 2.59. The van der Waals surface area contributed by atoms with Gasteiger partial charge in [0.15, 0.2) is 9.84 Å². The number of hydrogen-bond acceptors (Lipinski definition) is 4. The van der Waals surface area contributed by atoms with Crippen LogP contribution in [0.3, 0.4) is 0 Å². The molecule has 1 aliphatic heterocycles. The van der Waals surface area contributed by atoms with Gasteiger partial charge in [-0.2, -0.15) is 0 Å². The first-order valence-corrected chi connectivity index (χ1v) is 7.14. The number of benzene rings is 1. The number of sulfone groups is 1. The first-order valence-electron chi connectivity index (χ1n) is 5.24. The number of phenols is 1. The summed E-state index contributed by atoms with van der Waals surface area (Å²) in [6.45, 7) is 1.60. The van der Waals surface area contributed by atoms with Crippen molar-refractivity contribution in [1.82, 2.24) is 5.32 Å². The lowest BCUT2D eigenvalue weighted by Gasteiger charge is -2.12. The van der Waals surface area contributed by atoms with Crippen LogP contribution in [0.4, 0.5) is 0 Å². The fourth-order valence-electron chi connectivity index (χ4n) is 2.14. The van der Waals surface area contributed by atoms with Gasteiger partial charge >= 0.3 is 0 Å². The van der Waals surface area contributed by atoms with E-state index in [9.17, 15) is 13.5 Å². The van der Waals surface area contributed by atoms with Gasteiger partial charge in [0.1, 0.15) is 10.6 Å². The van der Waals surface area contributed by atoms with Crippen LogP contribution < -0.4 is 5.32 Å². The third kappa shape index (κ3) is 2.05. The zero-order chi connectivity index (χ0) is 11.8. The van der Waals surface area contributed by atoms with E-state index in [2.05, 4.69) is 5.32 Å². The first kappa shape index (κ1) is 11.4. The molecule has 1 aliphatic rings. The van der Waals surface area contributed by atoms with Crippen molar-refractivity contribution in [2.45, 2.75) is 17.7 Å². The second-order valence-corrected chi connectivity index (χ2v) is 6.03. The van der Waals surface area contributed by atoms with Gasteiger partial charge in [-0.3, -0.25) is 0 Å². The van der Waals surface area contributed by atoms with Gasteiger partial charge in [0.25, 0.3) is 0 Å². The highest BCUT2D eigenvalue weighted by Gasteiger charge is 2.21. The van der Waals surface area contributed by atoms with Crippen LogP contribution in [-0.4, -0.2) is 32.9 Å². The molecule has 0 atom stereocenters. The molecule has 0 bridgehead atoms. The molecule has 0 saturated heterocycles. The monoisotopic (exact) mass is 241 g/mol. The fourth-order valence-corrected chi connectivity index (χ4v) is 3.27. The maximum atomic E-state index is 11.7. The lowest BCUT2D eigenvalue weighted by atomic mass is 10.0. The number of fused-ring (bicyclic) bond motifs is 1. The van der Waals surface area contributed by atoms with Gasteiger partial charge in [-0.25, -0.2) is 8.42 Å². The Hall–Kier alpha value is -1.07. The Morgan fingerprint density at radius 1 is 1.25 bits per heavy atom. The Kier molecular flexibility index (Phi) is 2.90. The summed E-state index contributed by atoms with van der Waals surface area (Å²) in [6, 6.07) is 3.28. The first-order chi connectivity index (χ1) is 7.50. The minimum Gasteiger partial charge on any atom is -0.507 e. The number of aromatic hydroxyl groups is 1. The van der Waals surface area contributed by atoms with Gasteiger partial charge in [0.2, 0.25) is 0 Å². The minimum absolute atomic E-state index is 0.105. The third-order valence-electron chi connectivity index (χ3n) is 2.83. The molecule has 2 N–H and O–H groups in total. The van der Waals surface area contributed by atoms with Crippen LogP contribution in [0, 0.1) is 0 Å². The van der Waals surface area contributed by atoms with Gasteiger partial charge in [-0.15, -0.1) is 0 Å². The average Bonchev–Trinajstić information content (AvgIpc) is 2.40. The summed E-state index contributed by atoms with van der Waals surface area (Å²) in [7, 11) is -3.37. The molecule has 0 fully saturated rings. The Morgan fingerprint density at radius 2 is 1.94 bits per heavy atom. The SMILES string of the molecule is CS(=O)(=O)c1c(O)ccc2c1CCNCC2. The molecule has 16 heavy (non-hydrogen) atoms. The summed E-state index contributed by atoms with van der Waals surface area (Å²) in [5.41, 5.74) is 1.79. The van der Waals surface area contributed by atoms with E-state index >= 15 is 0 Å². The zero-order valence-electron chi connectivity index (χ0n) is 9.16. The molecule has 1 aromatic carbocycles. The maximum Gasteiger partial charge on any atom is 0.179 e. The Bertz CT molecular complexity index is 508. The van der Waals surface area contributed by atoms with E-state index in [1.165, 1.54) is 6.07 Å². The molecular formula is C11H15NO3S. The Balaban J connectivity index is 2.67. The molecule has 0 spiro atoms. The van der Waals surface area contributed by atoms with E-state index in [0.717, 1.165) is 36.9 Å². The van der Waals surface area contributed by atoms with Crippen molar-refractivity contribution in [1.29, 1.82) is 0 Å². The van der Waals surface area contributed by atoms with Crippen LogP contribution in [0.25, 0.3) is 0 Å². The predicted molar refractivity (Wildman–Crippen MR) is 61.5 cm³/mol.